The summed E-state index contributed by atoms with van der Waals surface area (Å²) in [6.07, 6.45) is 8.85. The molecule has 2 saturated carbocycles. The highest BCUT2D eigenvalue weighted by atomic mass is 15.2. The van der Waals surface area contributed by atoms with Crippen LogP contribution in [0.4, 0.5) is 5.69 Å². The number of pyridine rings is 1. The highest BCUT2D eigenvalue weighted by Gasteiger charge is 2.50. The fourth-order valence-electron chi connectivity index (χ4n) is 6.03. The van der Waals surface area contributed by atoms with Crippen LogP contribution in [0.3, 0.4) is 0 Å². The van der Waals surface area contributed by atoms with E-state index in [1.54, 1.807) is 0 Å². The summed E-state index contributed by atoms with van der Waals surface area (Å²) in [5, 5.41) is 3.45. The highest BCUT2D eigenvalue weighted by molar-refractivity contribution is 5.47. The Morgan fingerprint density at radius 1 is 1.00 bits per heavy atom. The van der Waals surface area contributed by atoms with Crippen molar-refractivity contribution in [2.75, 3.05) is 31.1 Å². The van der Waals surface area contributed by atoms with E-state index in [0.29, 0.717) is 16.7 Å². The van der Waals surface area contributed by atoms with E-state index in [1.165, 1.54) is 43.5 Å². The second-order valence-corrected chi connectivity index (χ2v) is 10.4. The lowest BCUT2D eigenvalue weighted by Gasteiger charge is -2.56. The summed E-state index contributed by atoms with van der Waals surface area (Å²) in [4.78, 5) is 7.35. The van der Waals surface area contributed by atoms with Crippen molar-refractivity contribution >= 4 is 5.69 Å². The van der Waals surface area contributed by atoms with E-state index < -0.39 is 0 Å². The molecule has 2 heterocycles. The quantitative estimate of drug-likeness (QED) is 0.823. The van der Waals surface area contributed by atoms with Gasteiger partial charge >= 0.3 is 0 Å². The lowest BCUT2D eigenvalue weighted by Crippen LogP contribution is -2.47. The average Bonchev–Trinajstić information content (AvgIpc) is 2.66. The summed E-state index contributed by atoms with van der Waals surface area (Å²) in [6.45, 7) is 14.5. The Bertz CT molecular complexity index is 630. The molecule has 4 rings (SSSR count). The molecule has 1 N–H and O–H groups in total. The molecule has 0 radical (unpaired) electrons. The Kier molecular flexibility index (Phi) is 4.79. The molecule has 3 nitrogen and oxygen atoms in total. The standard InChI is InChI=1S/C23H37N3/c1-22(2)8-9-23(3,4)20-15-17(5-6-19(20)22)21-16-18(7-10-25-21)26-13-11-24-12-14-26/h7,10,16-17,19-20,24H,5-6,8-9,11-15H2,1-4H3. The molecule has 3 heteroatoms. The van der Waals surface area contributed by atoms with Gasteiger partial charge in [-0.25, -0.2) is 0 Å². The maximum absolute atomic E-state index is 4.84. The van der Waals surface area contributed by atoms with Gasteiger partial charge in [0.1, 0.15) is 0 Å². The van der Waals surface area contributed by atoms with Crippen LogP contribution < -0.4 is 10.2 Å². The molecule has 1 aromatic heterocycles. The number of rotatable bonds is 2. The second-order valence-electron chi connectivity index (χ2n) is 10.4. The van der Waals surface area contributed by atoms with E-state index in [-0.39, 0.29) is 0 Å². The normalized spacial score (nSPS) is 33.5. The number of hydrogen-bond donors (Lipinski definition) is 1. The smallest absolute Gasteiger partial charge is 0.0455 e. The minimum absolute atomic E-state index is 0.481. The molecule has 3 atom stereocenters. The molecular weight excluding hydrogens is 318 g/mol. The zero-order chi connectivity index (χ0) is 18.4. The Balaban J connectivity index is 1.54. The van der Waals surface area contributed by atoms with Gasteiger partial charge in [-0.3, -0.25) is 4.98 Å². The summed E-state index contributed by atoms with van der Waals surface area (Å²) in [5.74, 6) is 2.38. The number of nitrogens with zero attached hydrogens (tertiary/aromatic N) is 2. The van der Waals surface area contributed by atoms with E-state index >= 15 is 0 Å². The molecule has 3 unspecified atom stereocenters. The molecule has 1 saturated heterocycles. The third-order valence-corrected chi connectivity index (χ3v) is 7.94. The Hall–Kier alpha value is -1.09. The van der Waals surface area contributed by atoms with Gasteiger partial charge in [0.2, 0.25) is 0 Å². The number of hydrogen-bond acceptors (Lipinski definition) is 3. The zero-order valence-corrected chi connectivity index (χ0v) is 17.2. The topological polar surface area (TPSA) is 28.2 Å². The molecule has 0 aromatic carbocycles. The molecule has 1 aliphatic heterocycles. The van der Waals surface area contributed by atoms with Crippen molar-refractivity contribution in [1.82, 2.24) is 10.3 Å². The Labute approximate surface area is 160 Å². The Morgan fingerprint density at radius 3 is 2.42 bits per heavy atom. The third kappa shape index (κ3) is 3.40. The maximum atomic E-state index is 4.84. The van der Waals surface area contributed by atoms with E-state index in [4.69, 9.17) is 4.98 Å². The first kappa shape index (κ1) is 18.3. The molecule has 0 spiro atoms. The van der Waals surface area contributed by atoms with Crippen LogP contribution in [0.5, 0.6) is 0 Å². The van der Waals surface area contributed by atoms with E-state index in [2.05, 4.69) is 56.2 Å². The summed E-state index contributed by atoms with van der Waals surface area (Å²) < 4.78 is 0. The van der Waals surface area contributed by atoms with Gasteiger partial charge in [-0.15, -0.1) is 0 Å². The molecule has 1 aromatic rings. The van der Waals surface area contributed by atoms with E-state index in [9.17, 15) is 0 Å². The van der Waals surface area contributed by atoms with Crippen LogP contribution >= 0.6 is 0 Å². The summed E-state index contributed by atoms with van der Waals surface area (Å²) >= 11 is 0. The van der Waals surface area contributed by atoms with Crippen molar-refractivity contribution in [1.29, 1.82) is 0 Å². The SMILES string of the molecule is CC1(C)CCC(C)(C)C2CC(c3cc(N4CCNCC4)ccn3)CCC21. The third-order valence-electron chi connectivity index (χ3n) is 7.94. The first-order valence-electron chi connectivity index (χ1n) is 10.8. The lowest BCUT2D eigenvalue weighted by atomic mass is 9.49. The minimum atomic E-state index is 0.481. The summed E-state index contributed by atoms with van der Waals surface area (Å²) in [7, 11) is 0. The molecule has 3 fully saturated rings. The van der Waals surface area contributed by atoms with Crippen LogP contribution in [0.2, 0.25) is 0 Å². The second kappa shape index (κ2) is 6.82. The van der Waals surface area contributed by atoms with Crippen molar-refractivity contribution in [2.45, 2.75) is 65.7 Å². The van der Waals surface area contributed by atoms with Crippen LogP contribution in [0.1, 0.15) is 71.4 Å². The predicted molar refractivity (Wildman–Crippen MR) is 110 cm³/mol. The first-order valence-corrected chi connectivity index (χ1v) is 10.8. The summed E-state index contributed by atoms with van der Waals surface area (Å²) in [6, 6.07) is 4.60. The average molecular weight is 356 g/mol. The number of piperazine rings is 1. The fourth-order valence-corrected chi connectivity index (χ4v) is 6.03. The molecule has 2 aliphatic carbocycles. The van der Waals surface area contributed by atoms with E-state index in [0.717, 1.165) is 38.0 Å². The largest absolute Gasteiger partial charge is 0.369 e. The predicted octanol–water partition coefficient (Wildman–Crippen LogP) is 4.84. The van der Waals surface area contributed by atoms with Crippen LogP contribution in [-0.4, -0.2) is 31.2 Å². The van der Waals surface area contributed by atoms with Gasteiger partial charge in [-0.2, -0.15) is 0 Å². The molecular formula is C23H37N3. The first-order chi connectivity index (χ1) is 12.4. The van der Waals surface area contributed by atoms with Gasteiger partial charge in [0.25, 0.3) is 0 Å². The molecule has 26 heavy (non-hydrogen) atoms. The monoisotopic (exact) mass is 355 g/mol. The van der Waals surface area contributed by atoms with Gasteiger partial charge in [0, 0.05) is 49.7 Å². The van der Waals surface area contributed by atoms with Crippen LogP contribution in [0, 0.1) is 22.7 Å². The van der Waals surface area contributed by atoms with Gasteiger partial charge in [-0.05, 0) is 66.9 Å². The van der Waals surface area contributed by atoms with Crippen LogP contribution in [-0.2, 0) is 0 Å². The van der Waals surface area contributed by atoms with Crippen molar-refractivity contribution in [2.24, 2.45) is 22.7 Å². The van der Waals surface area contributed by atoms with Gasteiger partial charge in [-0.1, -0.05) is 27.7 Å². The number of anilines is 1. The number of aromatic nitrogens is 1. The molecule has 0 amide bonds. The van der Waals surface area contributed by atoms with Gasteiger partial charge < -0.3 is 10.2 Å². The van der Waals surface area contributed by atoms with Crippen LogP contribution in [0.25, 0.3) is 0 Å². The molecule has 144 valence electrons. The van der Waals surface area contributed by atoms with Gasteiger partial charge in [0.15, 0.2) is 0 Å². The molecule has 0 bridgehead atoms. The van der Waals surface area contributed by atoms with Crippen molar-refractivity contribution in [3.8, 4) is 0 Å². The van der Waals surface area contributed by atoms with Crippen molar-refractivity contribution < 1.29 is 0 Å². The zero-order valence-electron chi connectivity index (χ0n) is 17.2. The maximum Gasteiger partial charge on any atom is 0.0455 e. The van der Waals surface area contributed by atoms with Crippen molar-refractivity contribution in [3.63, 3.8) is 0 Å². The van der Waals surface area contributed by atoms with Crippen molar-refractivity contribution in [3.05, 3.63) is 24.0 Å². The van der Waals surface area contributed by atoms with E-state index in [1.807, 2.05) is 0 Å². The lowest BCUT2D eigenvalue weighted by molar-refractivity contribution is -0.0501. The molecule has 3 aliphatic rings. The van der Waals surface area contributed by atoms with Gasteiger partial charge in [0.05, 0.1) is 0 Å². The Morgan fingerprint density at radius 2 is 1.69 bits per heavy atom. The number of fused-ring (bicyclic) bond motifs is 1. The summed E-state index contributed by atoms with van der Waals surface area (Å²) in [5.41, 5.74) is 3.72. The highest BCUT2D eigenvalue weighted by Crippen LogP contribution is 2.59. The van der Waals surface area contributed by atoms with Crippen LogP contribution in [0.15, 0.2) is 18.3 Å². The number of nitrogens with one attached hydrogen (secondary N) is 1. The minimum Gasteiger partial charge on any atom is -0.369 e. The fraction of sp³-hybridized carbons (Fsp3) is 0.783.